The van der Waals surface area contributed by atoms with Crippen molar-refractivity contribution in [2.45, 2.75) is 13.3 Å². The van der Waals surface area contributed by atoms with Crippen LogP contribution in [0.5, 0.6) is 0 Å². The van der Waals surface area contributed by atoms with Crippen molar-refractivity contribution in [2.24, 2.45) is 17.4 Å². The van der Waals surface area contributed by atoms with Gasteiger partial charge in [0.1, 0.15) is 5.92 Å². The molecule has 0 saturated carbocycles. The average molecular weight is 284 g/mol. The van der Waals surface area contributed by atoms with Crippen LogP contribution >= 0.6 is 0 Å². The Morgan fingerprint density at radius 2 is 1.71 bits per heavy atom. The third-order valence-corrected chi connectivity index (χ3v) is 3.93. The summed E-state index contributed by atoms with van der Waals surface area (Å²) in [6, 6.07) is 0. The summed E-state index contributed by atoms with van der Waals surface area (Å²) in [5.74, 6) is -3.58. The Balaban J connectivity index is 2.32. The molecule has 0 spiro atoms. The monoisotopic (exact) mass is 284 g/mol. The van der Waals surface area contributed by atoms with Crippen LogP contribution < -0.4 is 11.5 Å². The number of hydrogen-bond donors (Lipinski definition) is 2. The summed E-state index contributed by atoms with van der Waals surface area (Å²) in [5, 5.41) is 0. The number of carbonyl (C=O) groups excluding carboxylic acids is 4. The molecule has 0 saturated heterocycles. The van der Waals surface area contributed by atoms with Gasteiger partial charge in [0, 0.05) is 23.4 Å². The molecule has 4 N–H and O–H groups in total. The minimum Gasteiger partial charge on any atom is -0.398 e. The summed E-state index contributed by atoms with van der Waals surface area (Å²) in [5.41, 5.74) is 11.6. The van der Waals surface area contributed by atoms with Gasteiger partial charge < -0.3 is 11.5 Å². The fraction of sp³-hybridized carbons (Fsp3) is 0.200. The molecule has 0 fully saturated rings. The summed E-state index contributed by atoms with van der Waals surface area (Å²) >= 11 is 0. The van der Waals surface area contributed by atoms with E-state index in [1.807, 2.05) is 0 Å². The minimum atomic E-state index is -1.31. The second kappa shape index (κ2) is 4.12. The van der Waals surface area contributed by atoms with E-state index in [2.05, 4.69) is 0 Å². The Hall–Kier alpha value is -2.76. The molecule has 0 aliphatic heterocycles. The van der Waals surface area contributed by atoms with Crippen LogP contribution in [0.1, 0.15) is 13.3 Å². The molecule has 0 amide bonds. The van der Waals surface area contributed by atoms with Crippen LogP contribution in [0.15, 0.2) is 45.8 Å². The Bertz CT molecular complexity index is 777. The first-order chi connectivity index (χ1) is 9.84. The molecular weight excluding hydrogens is 272 g/mol. The van der Waals surface area contributed by atoms with Gasteiger partial charge in [0.15, 0.2) is 23.1 Å². The number of nitrogens with two attached hydrogens (primary N) is 2. The standard InChI is InChI=1S/C15H12N2O4/c1-5-4-7(17)10-12(13(5)19)15(21)11-8(18)3-2-6(16)9(11)14(10)20/h2,4,12H,3,16-17H2,1H3. The summed E-state index contributed by atoms with van der Waals surface area (Å²) in [6.07, 6.45) is 2.72. The molecule has 0 radical (unpaired) electrons. The van der Waals surface area contributed by atoms with Gasteiger partial charge in [-0.3, -0.25) is 19.2 Å². The highest BCUT2D eigenvalue weighted by molar-refractivity contribution is 6.40. The van der Waals surface area contributed by atoms with Crippen molar-refractivity contribution in [1.82, 2.24) is 0 Å². The van der Waals surface area contributed by atoms with Gasteiger partial charge in [0.05, 0.1) is 11.1 Å². The molecule has 0 heterocycles. The molecule has 1 unspecified atom stereocenters. The van der Waals surface area contributed by atoms with E-state index in [-0.39, 0.29) is 34.5 Å². The predicted molar refractivity (Wildman–Crippen MR) is 72.4 cm³/mol. The lowest BCUT2D eigenvalue weighted by atomic mass is 9.69. The van der Waals surface area contributed by atoms with E-state index in [0.29, 0.717) is 5.57 Å². The minimum absolute atomic E-state index is 0.0477. The van der Waals surface area contributed by atoms with E-state index >= 15 is 0 Å². The van der Waals surface area contributed by atoms with Gasteiger partial charge in [-0.05, 0) is 18.6 Å². The van der Waals surface area contributed by atoms with Crippen LogP contribution in [-0.4, -0.2) is 23.1 Å². The van der Waals surface area contributed by atoms with Crippen LogP contribution in [0.25, 0.3) is 0 Å². The third kappa shape index (κ3) is 1.59. The Kier molecular flexibility index (Phi) is 2.59. The number of allylic oxidation sites excluding steroid dienone is 6. The van der Waals surface area contributed by atoms with Crippen molar-refractivity contribution >= 4 is 23.1 Å². The first-order valence-electron chi connectivity index (χ1n) is 6.39. The fourth-order valence-corrected chi connectivity index (χ4v) is 2.89. The molecule has 0 aromatic heterocycles. The molecule has 6 nitrogen and oxygen atoms in total. The van der Waals surface area contributed by atoms with Crippen molar-refractivity contribution in [3.05, 3.63) is 45.8 Å². The van der Waals surface area contributed by atoms with E-state index in [4.69, 9.17) is 11.5 Å². The van der Waals surface area contributed by atoms with Gasteiger partial charge in [0.25, 0.3) is 0 Å². The zero-order valence-electron chi connectivity index (χ0n) is 11.2. The maximum Gasteiger partial charge on any atom is 0.195 e. The van der Waals surface area contributed by atoms with E-state index in [1.54, 1.807) is 0 Å². The van der Waals surface area contributed by atoms with Gasteiger partial charge >= 0.3 is 0 Å². The van der Waals surface area contributed by atoms with Crippen molar-refractivity contribution in [1.29, 1.82) is 0 Å². The number of Topliss-reactive ketones (excluding diaryl/α,β-unsaturated/α-hetero) is 4. The molecule has 3 rings (SSSR count). The normalized spacial score (nSPS) is 25.7. The van der Waals surface area contributed by atoms with Crippen molar-refractivity contribution < 1.29 is 19.2 Å². The summed E-state index contributed by atoms with van der Waals surface area (Å²) in [6.45, 7) is 1.52. The van der Waals surface area contributed by atoms with Crippen LogP contribution in [-0.2, 0) is 19.2 Å². The average Bonchev–Trinajstić information content (AvgIpc) is 2.42. The van der Waals surface area contributed by atoms with Crippen molar-refractivity contribution in [2.75, 3.05) is 0 Å². The highest BCUT2D eigenvalue weighted by Crippen LogP contribution is 2.38. The van der Waals surface area contributed by atoms with Crippen LogP contribution in [0.2, 0.25) is 0 Å². The summed E-state index contributed by atoms with van der Waals surface area (Å²) in [4.78, 5) is 49.3. The van der Waals surface area contributed by atoms with Crippen LogP contribution in [0.4, 0.5) is 0 Å². The van der Waals surface area contributed by atoms with Gasteiger partial charge in [0.2, 0.25) is 0 Å². The van der Waals surface area contributed by atoms with Gasteiger partial charge in [-0.25, -0.2) is 0 Å². The van der Waals surface area contributed by atoms with Gasteiger partial charge in [-0.15, -0.1) is 0 Å². The van der Waals surface area contributed by atoms with Gasteiger partial charge in [-0.2, -0.15) is 0 Å². The smallest absolute Gasteiger partial charge is 0.195 e. The summed E-state index contributed by atoms with van der Waals surface area (Å²) < 4.78 is 0. The lowest BCUT2D eigenvalue weighted by Crippen LogP contribution is -2.43. The predicted octanol–water partition coefficient (Wildman–Crippen LogP) is -0.392. The van der Waals surface area contributed by atoms with Crippen molar-refractivity contribution in [3.8, 4) is 0 Å². The molecule has 0 aromatic rings. The Labute approximate surface area is 119 Å². The first kappa shape index (κ1) is 13.2. The molecule has 21 heavy (non-hydrogen) atoms. The van der Waals surface area contributed by atoms with E-state index < -0.39 is 29.1 Å². The highest BCUT2D eigenvalue weighted by atomic mass is 16.2. The Morgan fingerprint density at radius 1 is 1.05 bits per heavy atom. The first-order valence-corrected chi connectivity index (χ1v) is 6.39. The molecule has 1 atom stereocenters. The summed E-state index contributed by atoms with van der Waals surface area (Å²) in [7, 11) is 0. The number of carbonyl (C=O) groups is 4. The molecule has 0 aromatic carbocycles. The quantitative estimate of drug-likeness (QED) is 0.461. The van der Waals surface area contributed by atoms with E-state index in [0.717, 1.165) is 0 Å². The second-order valence-electron chi connectivity index (χ2n) is 5.22. The maximum atomic E-state index is 12.6. The topological polar surface area (TPSA) is 120 Å². The zero-order valence-corrected chi connectivity index (χ0v) is 11.2. The second-order valence-corrected chi connectivity index (χ2v) is 5.22. The fourth-order valence-electron chi connectivity index (χ4n) is 2.89. The molecule has 106 valence electrons. The molecule has 3 aliphatic carbocycles. The van der Waals surface area contributed by atoms with E-state index in [9.17, 15) is 19.2 Å². The Morgan fingerprint density at radius 3 is 2.38 bits per heavy atom. The van der Waals surface area contributed by atoms with E-state index in [1.165, 1.54) is 19.1 Å². The lowest BCUT2D eigenvalue weighted by Gasteiger charge is -2.31. The SMILES string of the molecule is CC1=CC(N)=C2C(=O)C3=C(C(=O)CC=C3N)C(=O)C2C1=O. The third-order valence-electron chi connectivity index (χ3n) is 3.93. The number of hydrogen-bond acceptors (Lipinski definition) is 6. The maximum absolute atomic E-state index is 12.6. The van der Waals surface area contributed by atoms with Crippen molar-refractivity contribution in [3.63, 3.8) is 0 Å². The largest absolute Gasteiger partial charge is 0.398 e. The highest BCUT2D eigenvalue weighted by Gasteiger charge is 2.48. The van der Waals surface area contributed by atoms with Crippen LogP contribution in [0.3, 0.4) is 0 Å². The van der Waals surface area contributed by atoms with Crippen LogP contribution in [0, 0.1) is 5.92 Å². The molecule has 3 aliphatic rings. The molecule has 6 heteroatoms. The zero-order chi connectivity index (χ0) is 15.5. The lowest BCUT2D eigenvalue weighted by molar-refractivity contribution is -0.131. The number of rotatable bonds is 0. The number of fused-ring (bicyclic) bond motifs is 1. The molecular formula is C15H12N2O4. The number of ketones is 4. The van der Waals surface area contributed by atoms with Gasteiger partial charge in [-0.1, -0.05) is 6.08 Å². The molecule has 0 bridgehead atoms.